The molecule has 0 aromatic heterocycles. The number of hydrogen-bond acceptors (Lipinski definition) is 3. The summed E-state index contributed by atoms with van der Waals surface area (Å²) in [5.74, 6) is -1.15. The number of halogens is 1. The Kier molecular flexibility index (Phi) is 7.34. The molecular weight excluding hydrogens is 345 g/mol. The van der Waals surface area contributed by atoms with Crippen LogP contribution in [0.5, 0.6) is 0 Å². The van der Waals surface area contributed by atoms with Crippen molar-refractivity contribution in [2.45, 2.75) is 27.2 Å². The summed E-state index contributed by atoms with van der Waals surface area (Å²) in [6.45, 7) is 7.78. The standard InChI is InChI=1S/C21H26FN3O2/c1-4-25(5-2)17-10-11-19(15(3)12-17)24-21(27)14-23-20(26)13-16-8-6-7-9-18(16)22/h6-12H,4-5,13-14H2,1-3H3,(H,23,26)(H,24,27). The maximum Gasteiger partial charge on any atom is 0.243 e. The summed E-state index contributed by atoms with van der Waals surface area (Å²) in [5.41, 5.74) is 3.07. The molecule has 0 radical (unpaired) electrons. The molecule has 2 amide bonds. The second-order valence-corrected chi connectivity index (χ2v) is 6.26. The number of benzene rings is 2. The molecule has 0 unspecified atom stereocenters. The first-order valence-electron chi connectivity index (χ1n) is 9.10. The van der Waals surface area contributed by atoms with Crippen molar-refractivity contribution in [1.82, 2.24) is 5.32 Å². The number of nitrogens with zero attached hydrogens (tertiary/aromatic N) is 1. The van der Waals surface area contributed by atoms with Gasteiger partial charge in [0.05, 0.1) is 13.0 Å². The largest absolute Gasteiger partial charge is 0.372 e. The first-order chi connectivity index (χ1) is 12.9. The highest BCUT2D eigenvalue weighted by Crippen LogP contribution is 2.22. The Labute approximate surface area is 159 Å². The van der Waals surface area contributed by atoms with Crippen LogP contribution in [0.3, 0.4) is 0 Å². The number of hydrogen-bond donors (Lipinski definition) is 2. The molecule has 27 heavy (non-hydrogen) atoms. The summed E-state index contributed by atoms with van der Waals surface area (Å²) in [6, 6.07) is 11.9. The summed E-state index contributed by atoms with van der Waals surface area (Å²) in [6.07, 6.45) is -0.0997. The summed E-state index contributed by atoms with van der Waals surface area (Å²) >= 11 is 0. The van der Waals surface area contributed by atoms with Gasteiger partial charge in [-0.15, -0.1) is 0 Å². The Bertz CT molecular complexity index is 804. The van der Waals surface area contributed by atoms with Gasteiger partial charge in [-0.05, 0) is 56.2 Å². The summed E-state index contributed by atoms with van der Waals surface area (Å²) in [5, 5.41) is 5.32. The molecule has 0 heterocycles. The van der Waals surface area contributed by atoms with Crippen molar-refractivity contribution in [3.63, 3.8) is 0 Å². The van der Waals surface area contributed by atoms with Crippen molar-refractivity contribution in [2.24, 2.45) is 0 Å². The fourth-order valence-corrected chi connectivity index (χ4v) is 2.82. The lowest BCUT2D eigenvalue weighted by atomic mass is 10.1. The molecule has 0 fully saturated rings. The Morgan fingerprint density at radius 3 is 2.37 bits per heavy atom. The average Bonchev–Trinajstić information content (AvgIpc) is 2.65. The van der Waals surface area contributed by atoms with Crippen LogP contribution in [0.4, 0.5) is 15.8 Å². The van der Waals surface area contributed by atoms with Crippen LogP contribution in [0.2, 0.25) is 0 Å². The minimum atomic E-state index is -0.430. The second kappa shape index (κ2) is 9.71. The van der Waals surface area contributed by atoms with Crippen LogP contribution >= 0.6 is 0 Å². The minimum Gasteiger partial charge on any atom is -0.372 e. The van der Waals surface area contributed by atoms with Crippen molar-refractivity contribution in [2.75, 3.05) is 29.9 Å². The van der Waals surface area contributed by atoms with Crippen LogP contribution in [-0.2, 0) is 16.0 Å². The Balaban J connectivity index is 1.88. The first-order valence-corrected chi connectivity index (χ1v) is 9.10. The first kappa shape index (κ1) is 20.4. The van der Waals surface area contributed by atoms with E-state index in [2.05, 4.69) is 29.4 Å². The van der Waals surface area contributed by atoms with Gasteiger partial charge in [0.15, 0.2) is 0 Å². The Morgan fingerprint density at radius 2 is 1.74 bits per heavy atom. The van der Waals surface area contributed by atoms with Gasteiger partial charge in [0.2, 0.25) is 11.8 Å². The number of rotatable bonds is 8. The number of nitrogens with one attached hydrogen (secondary N) is 2. The number of amides is 2. The van der Waals surface area contributed by atoms with Gasteiger partial charge in [-0.2, -0.15) is 0 Å². The molecule has 2 aromatic carbocycles. The van der Waals surface area contributed by atoms with Crippen LogP contribution in [0.25, 0.3) is 0 Å². The third-order valence-corrected chi connectivity index (χ3v) is 4.37. The highest BCUT2D eigenvalue weighted by Gasteiger charge is 2.11. The van der Waals surface area contributed by atoms with Crippen molar-refractivity contribution < 1.29 is 14.0 Å². The molecule has 0 saturated carbocycles. The predicted octanol–water partition coefficient (Wildman–Crippen LogP) is 3.28. The monoisotopic (exact) mass is 371 g/mol. The quantitative estimate of drug-likeness (QED) is 0.749. The molecule has 2 rings (SSSR count). The third kappa shape index (κ3) is 5.81. The van der Waals surface area contributed by atoms with Gasteiger partial charge in [-0.25, -0.2) is 4.39 Å². The van der Waals surface area contributed by atoms with Crippen molar-refractivity contribution in [3.8, 4) is 0 Å². The van der Waals surface area contributed by atoms with Crippen molar-refractivity contribution >= 4 is 23.2 Å². The van der Waals surface area contributed by atoms with Crippen LogP contribution in [-0.4, -0.2) is 31.4 Å². The van der Waals surface area contributed by atoms with Gasteiger partial charge in [0.25, 0.3) is 0 Å². The highest BCUT2D eigenvalue weighted by atomic mass is 19.1. The molecular formula is C21H26FN3O2. The summed E-state index contributed by atoms with van der Waals surface area (Å²) < 4.78 is 13.6. The molecule has 2 aromatic rings. The van der Waals surface area contributed by atoms with E-state index in [0.717, 1.165) is 24.3 Å². The van der Waals surface area contributed by atoms with Crippen molar-refractivity contribution in [1.29, 1.82) is 0 Å². The lowest BCUT2D eigenvalue weighted by molar-refractivity contribution is -0.123. The number of aryl methyl sites for hydroxylation is 1. The van der Waals surface area contributed by atoms with Crippen LogP contribution in [0.15, 0.2) is 42.5 Å². The Hall–Kier alpha value is -2.89. The SMILES string of the molecule is CCN(CC)c1ccc(NC(=O)CNC(=O)Cc2ccccc2F)c(C)c1. The smallest absolute Gasteiger partial charge is 0.243 e. The molecule has 2 N–H and O–H groups in total. The number of carbonyl (C=O) groups is 2. The molecule has 6 heteroatoms. The maximum atomic E-state index is 13.6. The minimum absolute atomic E-state index is 0.0997. The number of anilines is 2. The van der Waals surface area contributed by atoms with Crippen LogP contribution in [0, 0.1) is 12.7 Å². The zero-order valence-electron chi connectivity index (χ0n) is 16.0. The zero-order valence-corrected chi connectivity index (χ0v) is 16.0. The fourth-order valence-electron chi connectivity index (χ4n) is 2.82. The maximum absolute atomic E-state index is 13.6. The van der Waals surface area contributed by atoms with E-state index in [9.17, 15) is 14.0 Å². The zero-order chi connectivity index (χ0) is 19.8. The second-order valence-electron chi connectivity index (χ2n) is 6.26. The molecule has 0 bridgehead atoms. The van der Waals surface area contributed by atoms with Crippen LogP contribution < -0.4 is 15.5 Å². The third-order valence-electron chi connectivity index (χ3n) is 4.37. The van der Waals surface area contributed by atoms with Gasteiger partial charge in [0.1, 0.15) is 5.82 Å². The molecule has 0 atom stereocenters. The molecule has 144 valence electrons. The summed E-state index contributed by atoms with van der Waals surface area (Å²) in [7, 11) is 0. The molecule has 0 saturated heterocycles. The topological polar surface area (TPSA) is 61.4 Å². The van der Waals surface area contributed by atoms with E-state index in [1.807, 2.05) is 25.1 Å². The fraction of sp³-hybridized carbons (Fsp3) is 0.333. The van der Waals surface area contributed by atoms with Crippen molar-refractivity contribution in [3.05, 3.63) is 59.4 Å². The van der Waals surface area contributed by atoms with Gasteiger partial charge < -0.3 is 15.5 Å². The van der Waals surface area contributed by atoms with E-state index >= 15 is 0 Å². The Morgan fingerprint density at radius 1 is 1.04 bits per heavy atom. The molecule has 0 aliphatic heterocycles. The van der Waals surface area contributed by atoms with E-state index in [1.54, 1.807) is 18.2 Å². The van der Waals surface area contributed by atoms with E-state index < -0.39 is 11.7 Å². The summed E-state index contributed by atoms with van der Waals surface area (Å²) in [4.78, 5) is 26.2. The van der Waals surface area contributed by atoms with Gasteiger partial charge in [-0.3, -0.25) is 9.59 Å². The van der Waals surface area contributed by atoms with Gasteiger partial charge in [-0.1, -0.05) is 18.2 Å². The van der Waals surface area contributed by atoms with Crippen LogP contribution in [0.1, 0.15) is 25.0 Å². The average molecular weight is 371 g/mol. The van der Waals surface area contributed by atoms with E-state index in [4.69, 9.17) is 0 Å². The number of carbonyl (C=O) groups excluding carboxylic acids is 2. The highest BCUT2D eigenvalue weighted by molar-refractivity contribution is 5.95. The molecule has 0 aliphatic rings. The van der Waals surface area contributed by atoms with E-state index in [1.165, 1.54) is 6.07 Å². The lowest BCUT2D eigenvalue weighted by Gasteiger charge is -2.22. The van der Waals surface area contributed by atoms with Gasteiger partial charge >= 0.3 is 0 Å². The van der Waals surface area contributed by atoms with Gasteiger partial charge in [0, 0.05) is 24.5 Å². The van der Waals surface area contributed by atoms with E-state index in [-0.39, 0.29) is 18.9 Å². The normalized spacial score (nSPS) is 10.4. The van der Waals surface area contributed by atoms with E-state index in [0.29, 0.717) is 11.3 Å². The predicted molar refractivity (Wildman–Crippen MR) is 106 cm³/mol. The molecule has 0 spiro atoms. The lowest BCUT2D eigenvalue weighted by Crippen LogP contribution is -2.34. The molecule has 0 aliphatic carbocycles. The molecule has 5 nitrogen and oxygen atoms in total.